The summed E-state index contributed by atoms with van der Waals surface area (Å²) in [5, 5.41) is 7.42. The number of nitrogens with zero attached hydrogens (tertiary/aromatic N) is 1. The molecule has 1 saturated heterocycles. The molecule has 1 atom stereocenters. The van der Waals surface area contributed by atoms with Gasteiger partial charge in [-0.15, -0.1) is 0 Å². The normalized spacial score (nSPS) is 16.6. The molecule has 2 fully saturated rings. The third-order valence-corrected chi connectivity index (χ3v) is 5.56. The van der Waals surface area contributed by atoms with Crippen LogP contribution in [0.15, 0.2) is 36.4 Å². The lowest BCUT2D eigenvalue weighted by Gasteiger charge is -2.32. The smallest absolute Gasteiger partial charge is 0.300 e. The van der Waals surface area contributed by atoms with Crippen LogP contribution in [0.1, 0.15) is 60.0 Å². The van der Waals surface area contributed by atoms with Crippen LogP contribution in [-0.4, -0.2) is 56.1 Å². The molecule has 2 aliphatic rings. The van der Waals surface area contributed by atoms with Gasteiger partial charge in [-0.1, -0.05) is 11.1 Å². The summed E-state index contributed by atoms with van der Waals surface area (Å²) >= 11 is -1.86. The van der Waals surface area contributed by atoms with Crippen molar-refractivity contribution in [2.45, 2.75) is 51.2 Å². The van der Waals surface area contributed by atoms with Crippen molar-refractivity contribution < 1.29 is 37.0 Å². The highest BCUT2D eigenvalue weighted by Crippen LogP contribution is 2.42. The Morgan fingerprint density at radius 1 is 1.14 bits per heavy atom. The molecule has 1 heterocycles. The van der Waals surface area contributed by atoms with Crippen LogP contribution < -0.4 is 10.5 Å². The van der Waals surface area contributed by atoms with Crippen LogP contribution in [0.5, 0.6) is 5.75 Å². The number of carboxylic acids is 1. The van der Waals surface area contributed by atoms with E-state index in [1.165, 1.54) is 18.2 Å². The number of carbonyl (C=O) groups is 2. The molecule has 1 aliphatic carbocycles. The number of halogens is 2. The molecular weight excluding hydrogens is 494 g/mol. The van der Waals surface area contributed by atoms with Crippen LogP contribution in [0.4, 0.5) is 8.78 Å². The van der Waals surface area contributed by atoms with Gasteiger partial charge in [-0.05, 0) is 85.4 Å². The van der Waals surface area contributed by atoms with E-state index >= 15 is 0 Å². The summed E-state index contributed by atoms with van der Waals surface area (Å²) < 4.78 is 51.2. The number of hydrogen-bond acceptors (Lipinski definition) is 6. The molecule has 0 spiro atoms. The SMILES string of the molecule is CC(=O)O.CS(=O)[O-].NC(=O)c1cc(C2CC2)c(CN2CCC(Oc3ccc(F)cc3)CC2)cc1F. The molecular formula is C25H31F2N2O6S-. The fourth-order valence-corrected chi connectivity index (χ4v) is 3.86. The van der Waals surface area contributed by atoms with E-state index in [-0.39, 0.29) is 17.5 Å². The van der Waals surface area contributed by atoms with Crippen LogP contribution in [0.3, 0.4) is 0 Å². The minimum Gasteiger partial charge on any atom is -0.773 e. The van der Waals surface area contributed by atoms with Crippen molar-refractivity contribution in [1.29, 1.82) is 0 Å². The van der Waals surface area contributed by atoms with Gasteiger partial charge in [-0.3, -0.25) is 18.7 Å². The molecule has 8 nitrogen and oxygen atoms in total. The van der Waals surface area contributed by atoms with Crippen molar-refractivity contribution in [2.24, 2.45) is 5.73 Å². The van der Waals surface area contributed by atoms with Crippen molar-refractivity contribution >= 4 is 23.0 Å². The summed E-state index contributed by atoms with van der Waals surface area (Å²) in [5.41, 5.74) is 7.29. The predicted octanol–water partition coefficient (Wildman–Crippen LogP) is 3.57. The van der Waals surface area contributed by atoms with Gasteiger partial charge in [0, 0.05) is 26.6 Å². The average Bonchev–Trinajstić information content (AvgIpc) is 3.61. The van der Waals surface area contributed by atoms with Gasteiger partial charge in [-0.25, -0.2) is 8.78 Å². The topological polar surface area (TPSA) is 133 Å². The van der Waals surface area contributed by atoms with Crippen molar-refractivity contribution in [3.05, 3.63) is 64.7 Å². The van der Waals surface area contributed by atoms with Crippen LogP contribution in [0, 0.1) is 11.6 Å². The Balaban J connectivity index is 0.000000501. The maximum Gasteiger partial charge on any atom is 0.300 e. The van der Waals surface area contributed by atoms with E-state index in [0.717, 1.165) is 63.1 Å². The van der Waals surface area contributed by atoms with E-state index in [9.17, 15) is 13.6 Å². The quantitative estimate of drug-likeness (QED) is 0.551. The minimum atomic E-state index is -1.86. The first-order valence-corrected chi connectivity index (χ1v) is 12.9. The third-order valence-electron chi connectivity index (χ3n) is 5.56. The van der Waals surface area contributed by atoms with Crippen molar-refractivity contribution in [3.8, 4) is 5.75 Å². The van der Waals surface area contributed by atoms with E-state index < -0.39 is 28.8 Å². The zero-order valence-electron chi connectivity index (χ0n) is 20.2. The second-order valence-electron chi connectivity index (χ2n) is 8.64. The van der Waals surface area contributed by atoms with Gasteiger partial charge in [0.05, 0.1) is 5.56 Å². The van der Waals surface area contributed by atoms with Gasteiger partial charge in [0.1, 0.15) is 23.5 Å². The zero-order valence-corrected chi connectivity index (χ0v) is 21.1. The minimum absolute atomic E-state index is 0.0166. The Morgan fingerprint density at radius 3 is 2.14 bits per heavy atom. The van der Waals surface area contributed by atoms with Gasteiger partial charge in [0.25, 0.3) is 11.9 Å². The van der Waals surface area contributed by atoms with Crippen molar-refractivity contribution in [1.82, 2.24) is 4.90 Å². The molecule has 2 aromatic carbocycles. The molecule has 1 saturated carbocycles. The maximum absolute atomic E-state index is 14.3. The van der Waals surface area contributed by atoms with Gasteiger partial charge in [0.15, 0.2) is 0 Å². The molecule has 0 aromatic heterocycles. The van der Waals surface area contributed by atoms with Gasteiger partial charge in [0.2, 0.25) is 0 Å². The summed E-state index contributed by atoms with van der Waals surface area (Å²) in [6.07, 6.45) is 5.05. The second kappa shape index (κ2) is 14.0. The third kappa shape index (κ3) is 10.4. The van der Waals surface area contributed by atoms with Crippen LogP contribution in [-0.2, 0) is 22.4 Å². The summed E-state index contributed by atoms with van der Waals surface area (Å²) in [4.78, 5) is 22.7. The average molecular weight is 526 g/mol. The molecule has 2 aromatic rings. The number of rotatable bonds is 6. The van der Waals surface area contributed by atoms with Gasteiger partial charge in [-0.2, -0.15) is 0 Å². The number of piperidine rings is 1. The van der Waals surface area contributed by atoms with E-state index in [4.69, 9.17) is 29.1 Å². The highest BCUT2D eigenvalue weighted by molar-refractivity contribution is 7.78. The predicted molar refractivity (Wildman–Crippen MR) is 130 cm³/mol. The number of nitrogens with two attached hydrogens (primary N) is 1. The standard InChI is InChI=1S/C22H24F2N2O2.C2H4O2.CH4O2S/c23-16-3-5-17(6-4-16)28-18-7-9-26(10-8-18)13-15-11-21(24)20(22(25)27)12-19(15)14-1-2-14;1-2(3)4;1-4(2)3/h3-6,11-12,14,18H,1-2,7-10,13H2,(H2,25,27);1H3,(H,3,4);1H3,(H,2,3)/p-1. The zero-order chi connectivity index (χ0) is 26.8. The van der Waals surface area contributed by atoms with Gasteiger partial charge < -0.3 is 20.1 Å². The van der Waals surface area contributed by atoms with E-state index in [1.54, 1.807) is 18.2 Å². The highest BCUT2D eigenvalue weighted by Gasteiger charge is 2.29. The lowest BCUT2D eigenvalue weighted by molar-refractivity contribution is -0.134. The first-order chi connectivity index (χ1) is 17.0. The summed E-state index contributed by atoms with van der Waals surface area (Å²) in [7, 11) is 0. The molecule has 11 heteroatoms. The number of hydrogen-bond donors (Lipinski definition) is 2. The number of likely N-dealkylation sites (tertiary alicyclic amines) is 1. The molecule has 1 amide bonds. The molecule has 1 unspecified atom stereocenters. The molecule has 4 rings (SSSR count). The Morgan fingerprint density at radius 2 is 1.67 bits per heavy atom. The lowest BCUT2D eigenvalue weighted by atomic mass is 9.97. The number of primary amides is 1. The largest absolute Gasteiger partial charge is 0.773 e. The first-order valence-electron chi connectivity index (χ1n) is 11.4. The first kappa shape index (κ1) is 29.3. The van der Waals surface area contributed by atoms with Crippen LogP contribution in [0.2, 0.25) is 0 Å². The van der Waals surface area contributed by atoms with E-state index in [2.05, 4.69) is 4.90 Å². The Labute approximate surface area is 211 Å². The number of ether oxygens (including phenoxy) is 1. The second-order valence-corrected chi connectivity index (χ2v) is 9.44. The fraction of sp³-hybridized carbons (Fsp3) is 0.440. The molecule has 0 bridgehead atoms. The Bertz CT molecular complexity index is 1040. The van der Waals surface area contributed by atoms with Crippen LogP contribution >= 0.6 is 0 Å². The van der Waals surface area contributed by atoms with Crippen molar-refractivity contribution in [2.75, 3.05) is 19.3 Å². The van der Waals surface area contributed by atoms with Gasteiger partial charge >= 0.3 is 0 Å². The summed E-state index contributed by atoms with van der Waals surface area (Å²) in [5.74, 6) is -1.28. The number of carboxylic acid groups (broad SMARTS) is 1. The molecule has 36 heavy (non-hydrogen) atoms. The molecule has 0 radical (unpaired) electrons. The lowest BCUT2D eigenvalue weighted by Crippen LogP contribution is -2.38. The molecule has 1 aliphatic heterocycles. The number of benzene rings is 2. The number of aliphatic carboxylic acids is 1. The number of amides is 1. The maximum atomic E-state index is 14.3. The van der Waals surface area contributed by atoms with E-state index in [0.29, 0.717) is 18.2 Å². The van der Waals surface area contributed by atoms with E-state index in [1.807, 2.05) is 0 Å². The van der Waals surface area contributed by atoms with Crippen LogP contribution in [0.25, 0.3) is 0 Å². The molecule has 3 N–H and O–H groups in total. The Hall–Kier alpha value is -2.89. The number of carbonyl (C=O) groups excluding carboxylic acids is 1. The summed E-state index contributed by atoms with van der Waals surface area (Å²) in [6, 6.07) is 9.21. The summed E-state index contributed by atoms with van der Waals surface area (Å²) in [6.45, 7) is 3.43. The highest BCUT2D eigenvalue weighted by atomic mass is 32.2. The molecule has 198 valence electrons. The van der Waals surface area contributed by atoms with Crippen molar-refractivity contribution in [3.63, 3.8) is 0 Å². The Kier molecular flexibility index (Phi) is 11.4. The fourth-order valence-electron chi connectivity index (χ4n) is 3.86. The monoisotopic (exact) mass is 525 g/mol.